The van der Waals surface area contributed by atoms with Crippen molar-refractivity contribution < 1.29 is 14.7 Å². The third-order valence-corrected chi connectivity index (χ3v) is 5.03. The summed E-state index contributed by atoms with van der Waals surface area (Å²) < 4.78 is 10.9. The number of nitrogens with two attached hydrogens (primary N) is 1. The number of hydrogen-bond acceptors (Lipinski definition) is 5. The van der Waals surface area contributed by atoms with Crippen molar-refractivity contribution in [1.29, 1.82) is 0 Å². The van der Waals surface area contributed by atoms with Gasteiger partial charge in [0.05, 0.1) is 11.1 Å². The number of hydrogen-bond donors (Lipinski definition) is 2. The van der Waals surface area contributed by atoms with Gasteiger partial charge < -0.3 is 20.4 Å². The Morgan fingerprint density at radius 1 is 0.889 bits per heavy atom. The van der Waals surface area contributed by atoms with Gasteiger partial charge in [-0.05, 0) is 38.5 Å². The molecule has 0 aromatic rings. The Bertz CT molecular complexity index is 271. The normalized spacial score (nSPS) is 36.0. The van der Waals surface area contributed by atoms with Crippen LogP contribution in [0.3, 0.4) is 0 Å². The van der Waals surface area contributed by atoms with E-state index in [1.54, 1.807) is 5.06 Å². The molecular formula is C13H24N2O3. The van der Waals surface area contributed by atoms with Crippen LogP contribution in [-0.4, -0.2) is 53.8 Å². The highest BCUT2D eigenvalue weighted by Crippen LogP contribution is 2.46. The first-order chi connectivity index (χ1) is 8.67. The van der Waals surface area contributed by atoms with E-state index >= 15 is 0 Å². The quantitative estimate of drug-likeness (QED) is 0.674. The fourth-order valence-electron chi connectivity index (χ4n) is 4.06. The summed E-state index contributed by atoms with van der Waals surface area (Å²) >= 11 is 0. The Balaban J connectivity index is 1.86. The van der Waals surface area contributed by atoms with Crippen molar-refractivity contribution >= 4 is 0 Å². The molecule has 0 aliphatic carbocycles. The summed E-state index contributed by atoms with van der Waals surface area (Å²) in [6, 6.07) is 0.185. The van der Waals surface area contributed by atoms with E-state index < -0.39 is 0 Å². The summed E-state index contributed by atoms with van der Waals surface area (Å²) in [5.41, 5.74) is 5.97. The molecule has 3 N–H and O–H groups in total. The van der Waals surface area contributed by atoms with Crippen LogP contribution in [0, 0.1) is 0 Å². The monoisotopic (exact) mass is 256 g/mol. The summed E-state index contributed by atoms with van der Waals surface area (Å²) in [6.07, 6.45) is 5.32. The average molecular weight is 256 g/mol. The topological polar surface area (TPSA) is 68.0 Å². The first-order valence-electron chi connectivity index (χ1n) is 7.07. The van der Waals surface area contributed by atoms with Crippen LogP contribution in [0.15, 0.2) is 0 Å². The number of hydroxylamine groups is 2. The number of nitrogens with zero attached hydrogens (tertiary/aromatic N) is 1. The predicted molar refractivity (Wildman–Crippen MR) is 66.4 cm³/mol. The lowest BCUT2D eigenvalue weighted by Gasteiger charge is -2.58. The van der Waals surface area contributed by atoms with E-state index in [4.69, 9.17) is 15.2 Å². The summed E-state index contributed by atoms with van der Waals surface area (Å²) in [6.45, 7) is 2.93. The van der Waals surface area contributed by atoms with Crippen LogP contribution in [0.25, 0.3) is 0 Å². The minimum Gasteiger partial charge on any atom is -0.381 e. The van der Waals surface area contributed by atoms with Crippen LogP contribution in [0.1, 0.15) is 38.5 Å². The van der Waals surface area contributed by atoms with Crippen LogP contribution in [-0.2, 0) is 9.47 Å². The van der Waals surface area contributed by atoms with Crippen LogP contribution >= 0.6 is 0 Å². The third-order valence-electron chi connectivity index (χ3n) is 5.03. The van der Waals surface area contributed by atoms with Crippen molar-refractivity contribution in [1.82, 2.24) is 5.06 Å². The number of ether oxygens (including phenoxy) is 2. The Morgan fingerprint density at radius 3 is 1.67 bits per heavy atom. The fourth-order valence-corrected chi connectivity index (χ4v) is 4.06. The molecule has 0 aromatic heterocycles. The molecule has 3 heterocycles. The lowest BCUT2D eigenvalue weighted by Crippen LogP contribution is -2.68. The summed E-state index contributed by atoms with van der Waals surface area (Å²) in [7, 11) is 0. The molecule has 104 valence electrons. The van der Waals surface area contributed by atoms with E-state index in [2.05, 4.69) is 0 Å². The molecule has 0 aromatic carbocycles. The van der Waals surface area contributed by atoms with E-state index in [0.29, 0.717) is 0 Å². The summed E-state index contributed by atoms with van der Waals surface area (Å²) in [5.74, 6) is 0. The lowest BCUT2D eigenvalue weighted by atomic mass is 9.69. The van der Waals surface area contributed by atoms with Gasteiger partial charge in [0.25, 0.3) is 0 Å². The highest BCUT2D eigenvalue weighted by molar-refractivity contribution is 5.07. The van der Waals surface area contributed by atoms with E-state index in [1.807, 2.05) is 0 Å². The van der Waals surface area contributed by atoms with Gasteiger partial charge in [0, 0.05) is 32.5 Å². The van der Waals surface area contributed by atoms with Gasteiger partial charge in [0.2, 0.25) is 0 Å². The zero-order valence-corrected chi connectivity index (χ0v) is 10.9. The van der Waals surface area contributed by atoms with Crippen molar-refractivity contribution in [2.24, 2.45) is 5.73 Å². The highest BCUT2D eigenvalue weighted by Gasteiger charge is 2.54. The molecule has 18 heavy (non-hydrogen) atoms. The summed E-state index contributed by atoms with van der Waals surface area (Å²) in [5, 5.41) is 12.5. The third kappa shape index (κ3) is 1.98. The maximum absolute atomic E-state index is 10.8. The molecule has 5 nitrogen and oxygen atoms in total. The van der Waals surface area contributed by atoms with Gasteiger partial charge in [-0.15, -0.1) is 0 Å². The molecule has 0 atom stereocenters. The minimum absolute atomic E-state index is 0.159. The van der Waals surface area contributed by atoms with E-state index in [9.17, 15) is 5.21 Å². The van der Waals surface area contributed by atoms with Crippen molar-refractivity contribution in [3.8, 4) is 0 Å². The maximum Gasteiger partial charge on any atom is 0.0525 e. The van der Waals surface area contributed by atoms with Crippen LogP contribution in [0.5, 0.6) is 0 Å². The zero-order valence-electron chi connectivity index (χ0n) is 10.9. The molecule has 3 saturated heterocycles. The molecule has 0 saturated carbocycles. The first-order valence-corrected chi connectivity index (χ1v) is 7.07. The lowest BCUT2D eigenvalue weighted by molar-refractivity contribution is -0.293. The van der Waals surface area contributed by atoms with Crippen molar-refractivity contribution in [3.05, 3.63) is 0 Å². The standard InChI is InChI=1S/C13H24N2O3/c14-11-9-12(1-5-17-6-2-12)15(16)13(10-11)3-7-18-8-4-13/h11,16H,1-10,14H2. The molecule has 0 unspecified atom stereocenters. The summed E-state index contributed by atoms with van der Waals surface area (Å²) in [4.78, 5) is 0. The fraction of sp³-hybridized carbons (Fsp3) is 1.00. The highest BCUT2D eigenvalue weighted by atomic mass is 16.5. The van der Waals surface area contributed by atoms with Gasteiger partial charge in [0.1, 0.15) is 0 Å². The van der Waals surface area contributed by atoms with E-state index in [-0.39, 0.29) is 17.1 Å². The molecule has 3 fully saturated rings. The molecule has 3 aliphatic rings. The Labute approximate surface area is 108 Å². The molecule has 0 radical (unpaired) electrons. The Morgan fingerprint density at radius 2 is 1.28 bits per heavy atom. The van der Waals surface area contributed by atoms with E-state index in [0.717, 1.165) is 65.0 Å². The molecule has 3 aliphatic heterocycles. The van der Waals surface area contributed by atoms with Gasteiger partial charge in [0.15, 0.2) is 0 Å². The van der Waals surface area contributed by atoms with E-state index in [1.165, 1.54) is 0 Å². The van der Waals surface area contributed by atoms with Gasteiger partial charge in [-0.1, -0.05) is 0 Å². The van der Waals surface area contributed by atoms with Crippen LogP contribution < -0.4 is 5.73 Å². The minimum atomic E-state index is -0.159. The van der Waals surface area contributed by atoms with Gasteiger partial charge >= 0.3 is 0 Å². The SMILES string of the molecule is NC1CC2(CCOCC2)N(O)C2(CCOCC2)C1. The second kappa shape index (κ2) is 4.72. The molecule has 5 heteroatoms. The molecule has 0 amide bonds. The first kappa shape index (κ1) is 12.8. The maximum atomic E-state index is 10.8. The number of rotatable bonds is 0. The molecular weight excluding hydrogens is 232 g/mol. The Hall–Kier alpha value is -0.200. The predicted octanol–water partition coefficient (Wildman–Crippen LogP) is 0.897. The Kier molecular flexibility index (Phi) is 3.36. The molecule has 0 bridgehead atoms. The zero-order chi connectivity index (χ0) is 12.6. The van der Waals surface area contributed by atoms with Gasteiger partial charge in [-0.25, -0.2) is 0 Å². The molecule has 2 spiro atoms. The largest absolute Gasteiger partial charge is 0.381 e. The van der Waals surface area contributed by atoms with Crippen LogP contribution in [0.4, 0.5) is 0 Å². The smallest absolute Gasteiger partial charge is 0.0525 e. The van der Waals surface area contributed by atoms with Crippen molar-refractivity contribution in [2.75, 3.05) is 26.4 Å². The second-order valence-corrected chi connectivity index (χ2v) is 6.15. The van der Waals surface area contributed by atoms with Crippen molar-refractivity contribution in [2.45, 2.75) is 55.6 Å². The van der Waals surface area contributed by atoms with Gasteiger partial charge in [-0.2, -0.15) is 5.06 Å². The number of piperidine rings is 1. The average Bonchev–Trinajstić information content (AvgIpc) is 2.38. The van der Waals surface area contributed by atoms with Crippen LogP contribution in [0.2, 0.25) is 0 Å². The van der Waals surface area contributed by atoms with Crippen molar-refractivity contribution in [3.63, 3.8) is 0 Å². The van der Waals surface area contributed by atoms with Gasteiger partial charge in [-0.3, -0.25) is 0 Å². The molecule has 3 rings (SSSR count). The second-order valence-electron chi connectivity index (χ2n) is 6.15.